The van der Waals surface area contributed by atoms with Gasteiger partial charge in [-0.2, -0.15) is 0 Å². The highest BCUT2D eigenvalue weighted by Crippen LogP contribution is 2.22. The van der Waals surface area contributed by atoms with Crippen LogP contribution in [0.15, 0.2) is 59.4 Å². The summed E-state index contributed by atoms with van der Waals surface area (Å²) in [5, 5.41) is 2.75. The lowest BCUT2D eigenvalue weighted by atomic mass is 10.3. The molecule has 0 bridgehead atoms. The van der Waals surface area contributed by atoms with E-state index in [0.717, 1.165) is 0 Å². The molecule has 7 heteroatoms. The number of nitrogens with one attached hydrogen (secondary N) is 1. The van der Waals surface area contributed by atoms with Crippen molar-refractivity contribution >= 4 is 11.6 Å². The van der Waals surface area contributed by atoms with E-state index in [9.17, 15) is 4.79 Å². The number of furan rings is 1. The molecule has 0 aliphatic rings. The van der Waals surface area contributed by atoms with Crippen LogP contribution in [0.1, 0.15) is 16.3 Å². The first-order valence-corrected chi connectivity index (χ1v) is 7.17. The number of nitrogens with zero attached hydrogens (tertiary/aromatic N) is 2. The number of anilines is 1. The minimum Gasteiger partial charge on any atom is -0.453 e. The number of ether oxygens (including phenoxy) is 2. The van der Waals surface area contributed by atoms with Crippen LogP contribution in [-0.4, -0.2) is 23.0 Å². The average Bonchev–Trinajstić information content (AvgIpc) is 3.05. The lowest BCUT2D eigenvalue weighted by Gasteiger charge is -2.07. The van der Waals surface area contributed by atoms with Crippen LogP contribution in [-0.2, 0) is 11.3 Å². The second-order valence-electron chi connectivity index (χ2n) is 4.83. The maximum atomic E-state index is 12.2. The highest BCUT2D eigenvalue weighted by molar-refractivity contribution is 6.02. The standard InChI is InChI=1S/C17H15N3O4/c1-22-11-14-5-6-15(23-14)17(21)20-12-3-2-4-13(9-12)24-16-10-18-7-8-19-16/h2-10H,11H2,1H3,(H,20,21). The molecule has 0 spiro atoms. The van der Waals surface area contributed by atoms with E-state index in [-0.39, 0.29) is 11.7 Å². The first-order chi connectivity index (χ1) is 11.7. The summed E-state index contributed by atoms with van der Waals surface area (Å²) in [4.78, 5) is 20.2. The van der Waals surface area contributed by atoms with E-state index in [0.29, 0.717) is 29.7 Å². The lowest BCUT2D eigenvalue weighted by molar-refractivity contribution is 0.0987. The molecule has 0 aliphatic carbocycles. The van der Waals surface area contributed by atoms with Crippen molar-refractivity contribution in [3.05, 3.63) is 66.5 Å². The predicted octanol–water partition coefficient (Wildman–Crippen LogP) is 3.26. The number of benzene rings is 1. The topological polar surface area (TPSA) is 86.5 Å². The summed E-state index contributed by atoms with van der Waals surface area (Å²) < 4.78 is 15.9. The maximum Gasteiger partial charge on any atom is 0.291 e. The van der Waals surface area contributed by atoms with Gasteiger partial charge in [0.05, 0.1) is 6.20 Å². The van der Waals surface area contributed by atoms with E-state index in [1.54, 1.807) is 49.7 Å². The summed E-state index contributed by atoms with van der Waals surface area (Å²) in [5.41, 5.74) is 0.575. The van der Waals surface area contributed by atoms with Gasteiger partial charge in [0, 0.05) is 31.3 Å². The zero-order valence-electron chi connectivity index (χ0n) is 12.9. The molecule has 0 fully saturated rings. The molecule has 3 rings (SSSR count). The Morgan fingerprint density at radius 2 is 2.17 bits per heavy atom. The Hall–Kier alpha value is -3.19. The first kappa shape index (κ1) is 15.7. The molecule has 1 N–H and O–H groups in total. The summed E-state index contributed by atoms with van der Waals surface area (Å²) in [6.07, 6.45) is 4.60. The predicted molar refractivity (Wildman–Crippen MR) is 85.9 cm³/mol. The van der Waals surface area contributed by atoms with Crippen molar-refractivity contribution in [2.75, 3.05) is 12.4 Å². The molecule has 2 heterocycles. The van der Waals surface area contributed by atoms with Gasteiger partial charge in [0.1, 0.15) is 18.1 Å². The van der Waals surface area contributed by atoms with Crippen molar-refractivity contribution < 1.29 is 18.7 Å². The van der Waals surface area contributed by atoms with Crippen LogP contribution in [0.25, 0.3) is 0 Å². The van der Waals surface area contributed by atoms with Crippen LogP contribution in [0.3, 0.4) is 0 Å². The van der Waals surface area contributed by atoms with Gasteiger partial charge in [-0.3, -0.25) is 9.78 Å². The van der Waals surface area contributed by atoms with E-state index in [1.807, 2.05) is 0 Å². The molecule has 24 heavy (non-hydrogen) atoms. The van der Waals surface area contributed by atoms with Crippen molar-refractivity contribution in [2.24, 2.45) is 0 Å². The van der Waals surface area contributed by atoms with Gasteiger partial charge in [-0.05, 0) is 24.3 Å². The third-order valence-corrected chi connectivity index (χ3v) is 3.03. The quantitative estimate of drug-likeness (QED) is 0.748. The number of aromatic nitrogens is 2. The van der Waals surface area contributed by atoms with Gasteiger partial charge in [0.25, 0.3) is 5.91 Å². The molecule has 0 unspecified atom stereocenters. The Labute approximate surface area is 138 Å². The van der Waals surface area contributed by atoms with Gasteiger partial charge in [0.15, 0.2) is 5.76 Å². The van der Waals surface area contributed by atoms with E-state index < -0.39 is 0 Å². The second kappa shape index (κ2) is 7.38. The van der Waals surface area contributed by atoms with Gasteiger partial charge in [-0.25, -0.2) is 4.98 Å². The minimum atomic E-state index is -0.353. The third-order valence-electron chi connectivity index (χ3n) is 3.03. The molecule has 0 saturated carbocycles. The molecule has 1 amide bonds. The van der Waals surface area contributed by atoms with Crippen molar-refractivity contribution in [3.63, 3.8) is 0 Å². The fourth-order valence-corrected chi connectivity index (χ4v) is 2.01. The fraction of sp³-hybridized carbons (Fsp3) is 0.118. The number of carbonyl (C=O) groups is 1. The summed E-state index contributed by atoms with van der Waals surface area (Å²) in [7, 11) is 1.56. The molecule has 0 aliphatic heterocycles. The molecular formula is C17H15N3O4. The van der Waals surface area contributed by atoms with E-state index in [4.69, 9.17) is 13.9 Å². The Bertz CT molecular complexity index is 817. The normalized spacial score (nSPS) is 10.4. The number of methoxy groups -OCH3 is 1. The Kier molecular flexibility index (Phi) is 4.83. The number of rotatable bonds is 6. The fourth-order valence-electron chi connectivity index (χ4n) is 2.01. The van der Waals surface area contributed by atoms with Crippen molar-refractivity contribution in [2.45, 2.75) is 6.61 Å². The average molecular weight is 325 g/mol. The molecule has 0 atom stereocenters. The van der Waals surface area contributed by atoms with Crippen molar-refractivity contribution in [3.8, 4) is 11.6 Å². The van der Waals surface area contributed by atoms with Crippen LogP contribution >= 0.6 is 0 Å². The number of hydrogen-bond donors (Lipinski definition) is 1. The molecule has 0 saturated heterocycles. The van der Waals surface area contributed by atoms with Crippen LogP contribution in [0, 0.1) is 0 Å². The third kappa shape index (κ3) is 3.96. The van der Waals surface area contributed by atoms with Crippen LogP contribution < -0.4 is 10.1 Å². The van der Waals surface area contributed by atoms with Gasteiger partial charge in [0.2, 0.25) is 5.88 Å². The van der Waals surface area contributed by atoms with E-state index in [1.165, 1.54) is 12.4 Å². The van der Waals surface area contributed by atoms with E-state index >= 15 is 0 Å². The van der Waals surface area contributed by atoms with Gasteiger partial charge < -0.3 is 19.2 Å². The first-order valence-electron chi connectivity index (χ1n) is 7.17. The minimum absolute atomic E-state index is 0.210. The SMILES string of the molecule is COCc1ccc(C(=O)Nc2cccc(Oc3cnccn3)c2)o1. The number of carbonyl (C=O) groups excluding carboxylic acids is 1. The highest BCUT2D eigenvalue weighted by Gasteiger charge is 2.12. The molecule has 122 valence electrons. The van der Waals surface area contributed by atoms with Crippen LogP contribution in [0.2, 0.25) is 0 Å². The van der Waals surface area contributed by atoms with Gasteiger partial charge in [-0.1, -0.05) is 6.07 Å². The molecule has 3 aromatic rings. The Balaban J connectivity index is 1.68. The van der Waals surface area contributed by atoms with Crippen LogP contribution in [0.4, 0.5) is 5.69 Å². The molecule has 7 nitrogen and oxygen atoms in total. The summed E-state index contributed by atoms with van der Waals surface area (Å²) in [6, 6.07) is 10.3. The Morgan fingerprint density at radius 1 is 1.25 bits per heavy atom. The molecular weight excluding hydrogens is 310 g/mol. The largest absolute Gasteiger partial charge is 0.453 e. The zero-order chi connectivity index (χ0) is 16.8. The maximum absolute atomic E-state index is 12.2. The summed E-state index contributed by atoms with van der Waals surface area (Å²) in [6.45, 7) is 0.314. The highest BCUT2D eigenvalue weighted by atomic mass is 16.5. The lowest BCUT2D eigenvalue weighted by Crippen LogP contribution is -2.10. The molecule has 1 aromatic carbocycles. The molecule has 0 radical (unpaired) electrons. The van der Waals surface area contributed by atoms with E-state index in [2.05, 4.69) is 15.3 Å². The van der Waals surface area contributed by atoms with Crippen molar-refractivity contribution in [1.82, 2.24) is 9.97 Å². The second-order valence-corrected chi connectivity index (χ2v) is 4.83. The summed E-state index contributed by atoms with van der Waals surface area (Å²) in [5.74, 6) is 1.35. The number of amides is 1. The summed E-state index contributed by atoms with van der Waals surface area (Å²) >= 11 is 0. The number of hydrogen-bond acceptors (Lipinski definition) is 6. The van der Waals surface area contributed by atoms with Gasteiger partial charge in [-0.15, -0.1) is 0 Å². The monoisotopic (exact) mass is 325 g/mol. The Morgan fingerprint density at radius 3 is 2.96 bits per heavy atom. The van der Waals surface area contributed by atoms with Gasteiger partial charge >= 0.3 is 0 Å². The smallest absolute Gasteiger partial charge is 0.291 e. The zero-order valence-corrected chi connectivity index (χ0v) is 12.9. The molecule has 2 aromatic heterocycles. The van der Waals surface area contributed by atoms with Crippen LogP contribution in [0.5, 0.6) is 11.6 Å². The van der Waals surface area contributed by atoms with Crippen molar-refractivity contribution in [1.29, 1.82) is 0 Å².